The average Bonchev–Trinajstić information content (AvgIpc) is 2.72. The van der Waals surface area contributed by atoms with Crippen LogP contribution in [0.25, 0.3) is 0 Å². The van der Waals surface area contributed by atoms with Gasteiger partial charge >= 0.3 is 0 Å². The predicted octanol–water partition coefficient (Wildman–Crippen LogP) is 2.98. The molecule has 1 saturated heterocycles. The van der Waals surface area contributed by atoms with E-state index in [0.29, 0.717) is 0 Å². The second-order valence-corrected chi connectivity index (χ2v) is 5.87. The summed E-state index contributed by atoms with van der Waals surface area (Å²) in [6, 6.07) is 8.12. The zero-order valence-electron chi connectivity index (χ0n) is 11.1. The molecule has 0 aliphatic carbocycles. The summed E-state index contributed by atoms with van der Waals surface area (Å²) in [7, 11) is 0. The fraction of sp³-hybridized carbons (Fsp3) is 0.400. The van der Waals surface area contributed by atoms with E-state index in [1.165, 1.54) is 11.1 Å². The molecule has 1 aliphatic rings. The molecule has 1 fully saturated rings. The first-order valence-electron chi connectivity index (χ1n) is 6.65. The van der Waals surface area contributed by atoms with E-state index >= 15 is 0 Å². The Morgan fingerprint density at radius 3 is 2.89 bits per heavy atom. The van der Waals surface area contributed by atoms with Gasteiger partial charge in [-0.1, -0.05) is 23.7 Å². The van der Waals surface area contributed by atoms with Crippen LogP contribution in [0, 0.1) is 12.8 Å². The van der Waals surface area contributed by atoms with Crippen molar-refractivity contribution >= 4 is 11.6 Å². The van der Waals surface area contributed by atoms with Gasteiger partial charge in [-0.2, -0.15) is 5.10 Å². The van der Waals surface area contributed by atoms with E-state index in [4.69, 9.17) is 11.6 Å². The van der Waals surface area contributed by atoms with Gasteiger partial charge in [-0.05, 0) is 30.2 Å². The highest BCUT2D eigenvalue weighted by Gasteiger charge is 2.26. The Morgan fingerprint density at radius 2 is 2.21 bits per heavy atom. The third-order valence-electron chi connectivity index (χ3n) is 3.54. The van der Waals surface area contributed by atoms with Crippen LogP contribution < -0.4 is 0 Å². The maximum atomic E-state index is 6.00. The van der Waals surface area contributed by atoms with Crippen molar-refractivity contribution in [3.05, 3.63) is 52.8 Å². The Hall–Kier alpha value is -1.32. The number of benzene rings is 1. The van der Waals surface area contributed by atoms with E-state index < -0.39 is 0 Å². The number of aryl methyl sites for hydroxylation is 1. The number of halogens is 1. The summed E-state index contributed by atoms with van der Waals surface area (Å²) < 4.78 is 2.05. The lowest BCUT2D eigenvalue weighted by molar-refractivity contribution is 0.0778. The summed E-state index contributed by atoms with van der Waals surface area (Å²) in [6.07, 6.45) is 4.03. The van der Waals surface area contributed by atoms with Crippen molar-refractivity contribution in [2.75, 3.05) is 13.1 Å². The largest absolute Gasteiger partial charge is 0.298 e. The van der Waals surface area contributed by atoms with Gasteiger partial charge in [0, 0.05) is 43.3 Å². The number of aromatic nitrogens is 2. The van der Waals surface area contributed by atoms with Crippen molar-refractivity contribution in [1.29, 1.82) is 0 Å². The highest BCUT2D eigenvalue weighted by atomic mass is 35.5. The minimum absolute atomic E-state index is 0.721. The van der Waals surface area contributed by atoms with E-state index in [-0.39, 0.29) is 0 Å². The molecular weight excluding hydrogens is 258 g/mol. The molecule has 19 heavy (non-hydrogen) atoms. The van der Waals surface area contributed by atoms with Crippen molar-refractivity contribution in [2.24, 2.45) is 5.92 Å². The number of rotatable bonds is 4. The molecule has 0 saturated carbocycles. The summed E-state index contributed by atoms with van der Waals surface area (Å²) in [4.78, 5) is 2.45. The summed E-state index contributed by atoms with van der Waals surface area (Å²) in [5.41, 5.74) is 2.52. The predicted molar refractivity (Wildman–Crippen MR) is 77.2 cm³/mol. The second-order valence-electron chi connectivity index (χ2n) is 5.43. The average molecular weight is 276 g/mol. The zero-order valence-corrected chi connectivity index (χ0v) is 11.8. The lowest BCUT2D eigenvalue weighted by Gasteiger charge is -2.39. The lowest BCUT2D eigenvalue weighted by atomic mass is 9.99. The molecule has 0 atom stereocenters. The van der Waals surface area contributed by atoms with Crippen molar-refractivity contribution in [3.8, 4) is 0 Å². The summed E-state index contributed by atoms with van der Waals surface area (Å²) in [6.45, 7) is 6.39. The van der Waals surface area contributed by atoms with Crippen molar-refractivity contribution in [1.82, 2.24) is 14.7 Å². The molecule has 2 heterocycles. The molecule has 4 heteroatoms. The third kappa shape index (κ3) is 3.17. The first kappa shape index (κ1) is 12.7. The quantitative estimate of drug-likeness (QED) is 0.855. The van der Waals surface area contributed by atoms with Crippen molar-refractivity contribution < 1.29 is 0 Å². The van der Waals surface area contributed by atoms with Gasteiger partial charge in [-0.15, -0.1) is 0 Å². The molecule has 1 aliphatic heterocycles. The van der Waals surface area contributed by atoms with Crippen LogP contribution in [0.3, 0.4) is 0 Å². The fourth-order valence-electron chi connectivity index (χ4n) is 2.65. The Bertz CT molecular complexity index is 558. The van der Waals surface area contributed by atoms with Crippen LogP contribution in [0.15, 0.2) is 36.7 Å². The molecule has 0 spiro atoms. The van der Waals surface area contributed by atoms with Crippen molar-refractivity contribution in [2.45, 2.75) is 20.0 Å². The Labute approximate surface area is 118 Å². The summed E-state index contributed by atoms with van der Waals surface area (Å²) in [5, 5.41) is 5.16. The minimum Gasteiger partial charge on any atom is -0.298 e. The van der Waals surface area contributed by atoms with Gasteiger partial charge in [0.05, 0.1) is 6.20 Å². The minimum atomic E-state index is 0.721. The van der Waals surface area contributed by atoms with Gasteiger partial charge in [0.2, 0.25) is 0 Å². The molecule has 1 aromatic carbocycles. The normalized spacial score (nSPS) is 16.5. The van der Waals surface area contributed by atoms with Gasteiger partial charge in [-0.25, -0.2) is 0 Å². The molecule has 1 aromatic heterocycles. The number of hydrogen-bond donors (Lipinski definition) is 0. The van der Waals surface area contributed by atoms with Gasteiger partial charge in [0.25, 0.3) is 0 Å². The Morgan fingerprint density at radius 1 is 1.37 bits per heavy atom. The molecule has 0 N–H and O–H groups in total. The number of nitrogens with zero attached hydrogens (tertiary/aromatic N) is 3. The Balaban J connectivity index is 1.48. The molecular formula is C15H18ClN3. The molecule has 0 unspecified atom stereocenters. The monoisotopic (exact) mass is 275 g/mol. The van der Waals surface area contributed by atoms with Crippen LogP contribution in [0.2, 0.25) is 5.02 Å². The first-order valence-corrected chi connectivity index (χ1v) is 7.03. The van der Waals surface area contributed by atoms with E-state index in [1.807, 2.05) is 24.4 Å². The molecule has 3 rings (SSSR count). The molecule has 2 aromatic rings. The van der Waals surface area contributed by atoms with Crippen LogP contribution in [0.1, 0.15) is 11.1 Å². The van der Waals surface area contributed by atoms with E-state index in [0.717, 1.165) is 37.1 Å². The standard InChI is InChI=1S/C15H18ClN3/c1-12-6-17-19(7-12)11-14-9-18(10-14)8-13-3-2-4-15(16)5-13/h2-7,14H,8-11H2,1H3. The fourth-order valence-corrected chi connectivity index (χ4v) is 2.86. The third-order valence-corrected chi connectivity index (χ3v) is 3.77. The zero-order chi connectivity index (χ0) is 13.2. The molecule has 100 valence electrons. The second kappa shape index (κ2) is 5.35. The smallest absolute Gasteiger partial charge is 0.0518 e. The highest BCUT2D eigenvalue weighted by Crippen LogP contribution is 2.21. The first-order chi connectivity index (χ1) is 9.19. The van der Waals surface area contributed by atoms with Gasteiger partial charge in [0.1, 0.15) is 0 Å². The number of likely N-dealkylation sites (tertiary alicyclic amines) is 1. The molecule has 0 radical (unpaired) electrons. The van der Waals surface area contributed by atoms with Crippen LogP contribution in [0.4, 0.5) is 0 Å². The van der Waals surface area contributed by atoms with Crippen LogP contribution in [0.5, 0.6) is 0 Å². The van der Waals surface area contributed by atoms with Gasteiger partial charge in [-0.3, -0.25) is 9.58 Å². The SMILES string of the molecule is Cc1cnn(CC2CN(Cc3cccc(Cl)c3)C2)c1. The maximum absolute atomic E-state index is 6.00. The topological polar surface area (TPSA) is 21.1 Å². The lowest BCUT2D eigenvalue weighted by Crippen LogP contribution is -2.47. The molecule has 0 amide bonds. The molecule has 0 bridgehead atoms. The van der Waals surface area contributed by atoms with Gasteiger partial charge < -0.3 is 0 Å². The van der Waals surface area contributed by atoms with Crippen LogP contribution in [-0.2, 0) is 13.1 Å². The summed E-state index contributed by atoms with van der Waals surface area (Å²) in [5.74, 6) is 0.721. The van der Waals surface area contributed by atoms with E-state index in [1.54, 1.807) is 0 Å². The van der Waals surface area contributed by atoms with Gasteiger partial charge in [0.15, 0.2) is 0 Å². The van der Waals surface area contributed by atoms with E-state index in [9.17, 15) is 0 Å². The van der Waals surface area contributed by atoms with Crippen LogP contribution >= 0.6 is 11.6 Å². The molecule has 3 nitrogen and oxygen atoms in total. The Kier molecular flexibility index (Phi) is 3.58. The van der Waals surface area contributed by atoms with E-state index in [2.05, 4.69) is 33.9 Å². The number of hydrogen-bond acceptors (Lipinski definition) is 2. The maximum Gasteiger partial charge on any atom is 0.0518 e. The highest BCUT2D eigenvalue weighted by molar-refractivity contribution is 6.30. The van der Waals surface area contributed by atoms with Crippen LogP contribution in [-0.4, -0.2) is 27.8 Å². The van der Waals surface area contributed by atoms with Crippen molar-refractivity contribution in [3.63, 3.8) is 0 Å². The summed E-state index contributed by atoms with van der Waals surface area (Å²) >= 11 is 6.00.